The Balaban J connectivity index is 2.19. The number of hydrogen-bond donors (Lipinski definition) is 0. The van der Waals surface area contributed by atoms with Gasteiger partial charge in [0.1, 0.15) is 17.2 Å². The number of unbranched alkanes of at least 4 members (excludes halogenated alkanes) is 13. The number of carbonyl (C=O) groups is 4. The first kappa shape index (κ1) is 50.9. The molecule has 0 radical (unpaired) electrons. The molecule has 0 spiro atoms. The van der Waals surface area contributed by atoms with E-state index in [0.29, 0.717) is 35.5 Å². The summed E-state index contributed by atoms with van der Waals surface area (Å²) >= 11 is 0. The molecule has 61 heavy (non-hydrogen) atoms. The van der Waals surface area contributed by atoms with Gasteiger partial charge in [-0.1, -0.05) is 90.4 Å². The van der Waals surface area contributed by atoms with E-state index in [0.717, 1.165) is 19.3 Å². The molecule has 1 aromatic heterocycles. The first-order valence-electron chi connectivity index (χ1n) is 22.6. The van der Waals surface area contributed by atoms with E-state index in [1.807, 2.05) is 4.57 Å². The van der Waals surface area contributed by atoms with Crippen LogP contribution in [0.3, 0.4) is 0 Å². The number of pyridine rings is 1. The van der Waals surface area contributed by atoms with E-state index in [1.165, 1.54) is 70.3 Å². The van der Waals surface area contributed by atoms with Crippen LogP contribution in [0.15, 0.2) is 41.2 Å². The molecule has 0 amide bonds. The number of rotatable bonds is 20. The molecule has 0 N–H and O–H groups in total. The number of nitrogens with zero attached hydrogens (tertiary/aromatic N) is 1. The van der Waals surface area contributed by atoms with Crippen LogP contribution in [0.2, 0.25) is 0 Å². The molecule has 10 nitrogen and oxygen atoms in total. The molecule has 0 aliphatic heterocycles. The number of benzene rings is 2. The Morgan fingerprint density at radius 2 is 0.885 bits per heavy atom. The van der Waals surface area contributed by atoms with Crippen molar-refractivity contribution >= 4 is 34.8 Å². The Bertz CT molecular complexity index is 2010. The lowest BCUT2D eigenvalue weighted by Crippen LogP contribution is -2.30. The largest absolute Gasteiger partial charge is 0.426 e. The number of hydrogen-bond acceptors (Lipinski definition) is 9. The molecular weight excluding hydrogens is 771 g/mol. The maximum Gasteiger partial charge on any atom is 0.316 e. The number of aromatic nitrogens is 1. The number of ether oxygens (including phenoxy) is 4. The van der Waals surface area contributed by atoms with Crippen molar-refractivity contribution in [1.29, 1.82) is 0 Å². The number of carbonyl (C=O) groups excluding carboxylic acids is 4. The lowest BCUT2D eigenvalue weighted by Gasteiger charge is -2.25. The van der Waals surface area contributed by atoms with Crippen molar-refractivity contribution in [3.8, 4) is 34.3 Å². The summed E-state index contributed by atoms with van der Waals surface area (Å²) in [6.07, 6.45) is 16.6. The average molecular weight is 846 g/mol. The summed E-state index contributed by atoms with van der Waals surface area (Å²) in [7, 11) is 0. The smallest absolute Gasteiger partial charge is 0.316 e. The van der Waals surface area contributed by atoms with Gasteiger partial charge in [0.25, 0.3) is 0 Å². The molecule has 2 aromatic carbocycles. The van der Waals surface area contributed by atoms with Crippen molar-refractivity contribution < 1.29 is 38.1 Å². The van der Waals surface area contributed by atoms with E-state index in [-0.39, 0.29) is 22.6 Å². The van der Waals surface area contributed by atoms with Gasteiger partial charge in [0.05, 0.1) is 38.3 Å². The summed E-state index contributed by atoms with van der Waals surface area (Å²) in [6, 6.07) is 9.69. The van der Waals surface area contributed by atoms with Gasteiger partial charge in [0, 0.05) is 24.2 Å². The Morgan fingerprint density at radius 3 is 1.33 bits per heavy atom. The molecular formula is C51H75NO9. The quantitative estimate of drug-likeness (QED) is 0.0620. The van der Waals surface area contributed by atoms with Crippen LogP contribution in [0, 0.1) is 21.7 Å². The van der Waals surface area contributed by atoms with E-state index in [9.17, 15) is 24.0 Å². The van der Waals surface area contributed by atoms with Crippen molar-refractivity contribution in [2.24, 2.45) is 21.7 Å². The topological polar surface area (TPSA) is 127 Å². The molecule has 338 valence electrons. The molecule has 0 saturated heterocycles. The first-order chi connectivity index (χ1) is 28.4. The molecule has 0 atom stereocenters. The van der Waals surface area contributed by atoms with Gasteiger partial charge in [-0.05, 0) is 114 Å². The minimum absolute atomic E-state index is 0.00899. The molecule has 0 unspecified atom stereocenters. The number of esters is 4. The minimum atomic E-state index is -0.976. The fourth-order valence-electron chi connectivity index (χ4n) is 6.40. The molecule has 1 heterocycles. The highest BCUT2D eigenvalue weighted by Crippen LogP contribution is 2.40. The molecule has 0 fully saturated rings. The van der Waals surface area contributed by atoms with E-state index in [1.54, 1.807) is 113 Å². The van der Waals surface area contributed by atoms with Crippen LogP contribution in [0.25, 0.3) is 22.2 Å². The van der Waals surface area contributed by atoms with Crippen molar-refractivity contribution in [3.63, 3.8) is 0 Å². The highest BCUT2D eigenvalue weighted by molar-refractivity contribution is 5.95. The standard InChI is InChI=1S/C51H75NO9/c1-14-15-16-17-18-19-20-21-22-23-24-25-26-27-32-52-38-33-37(59-45(55)49(5,6)7)34-39(60-46(56)50(8,9)10)40(38)42(53)43(61-47(57)51(11,12)13)41(52)35-28-30-36(31-29-35)58-44(54)48(2,3)4/h28-31,33-34H,14-27,32H2,1-13H3. The van der Waals surface area contributed by atoms with E-state index < -0.39 is 51.0 Å². The first-order valence-corrected chi connectivity index (χ1v) is 22.6. The van der Waals surface area contributed by atoms with Crippen LogP contribution in [0.1, 0.15) is 180 Å². The Hall–Kier alpha value is -4.47. The second kappa shape index (κ2) is 22.1. The van der Waals surface area contributed by atoms with Crippen LogP contribution in [0.4, 0.5) is 0 Å². The fraction of sp³-hybridized carbons (Fsp3) is 0.627. The number of aryl methyl sites for hydroxylation is 1. The average Bonchev–Trinajstić information content (AvgIpc) is 3.15. The van der Waals surface area contributed by atoms with Gasteiger partial charge in [-0.2, -0.15) is 0 Å². The lowest BCUT2D eigenvalue weighted by molar-refractivity contribution is -0.144. The van der Waals surface area contributed by atoms with Gasteiger partial charge >= 0.3 is 23.9 Å². The van der Waals surface area contributed by atoms with Crippen LogP contribution < -0.4 is 24.4 Å². The maximum absolute atomic E-state index is 14.9. The monoisotopic (exact) mass is 846 g/mol. The highest BCUT2D eigenvalue weighted by Gasteiger charge is 2.33. The van der Waals surface area contributed by atoms with Crippen molar-refractivity contribution in [2.75, 3.05) is 0 Å². The third-order valence-corrected chi connectivity index (χ3v) is 10.4. The molecule has 0 aliphatic carbocycles. The van der Waals surface area contributed by atoms with Crippen LogP contribution in [-0.4, -0.2) is 28.4 Å². The molecule has 0 aliphatic rings. The summed E-state index contributed by atoms with van der Waals surface area (Å²) in [4.78, 5) is 68.1. The van der Waals surface area contributed by atoms with E-state index >= 15 is 0 Å². The molecule has 0 bridgehead atoms. The molecule has 3 aromatic rings. The van der Waals surface area contributed by atoms with E-state index in [2.05, 4.69) is 6.92 Å². The Morgan fingerprint density at radius 1 is 0.492 bits per heavy atom. The zero-order valence-corrected chi connectivity index (χ0v) is 39.7. The van der Waals surface area contributed by atoms with Gasteiger partial charge in [0.2, 0.25) is 11.2 Å². The predicted octanol–water partition coefficient (Wildman–Crippen LogP) is 13.0. The molecule has 0 saturated carbocycles. The van der Waals surface area contributed by atoms with Gasteiger partial charge < -0.3 is 23.5 Å². The van der Waals surface area contributed by atoms with Crippen LogP contribution in [-0.2, 0) is 25.7 Å². The summed E-state index contributed by atoms with van der Waals surface area (Å²) in [5.74, 6) is -2.11. The third kappa shape index (κ3) is 15.4. The van der Waals surface area contributed by atoms with Gasteiger partial charge in [-0.15, -0.1) is 0 Å². The van der Waals surface area contributed by atoms with Gasteiger partial charge in [0.15, 0.2) is 0 Å². The Kier molecular flexibility index (Phi) is 18.4. The van der Waals surface area contributed by atoms with E-state index in [4.69, 9.17) is 18.9 Å². The van der Waals surface area contributed by atoms with Crippen molar-refractivity contribution in [1.82, 2.24) is 4.57 Å². The zero-order chi connectivity index (χ0) is 45.8. The van der Waals surface area contributed by atoms with Crippen LogP contribution in [0.5, 0.6) is 23.0 Å². The van der Waals surface area contributed by atoms with Gasteiger partial charge in [-0.3, -0.25) is 24.0 Å². The normalized spacial score (nSPS) is 12.3. The van der Waals surface area contributed by atoms with Crippen molar-refractivity contribution in [3.05, 3.63) is 46.6 Å². The van der Waals surface area contributed by atoms with Crippen LogP contribution >= 0.6 is 0 Å². The minimum Gasteiger partial charge on any atom is -0.426 e. The summed E-state index contributed by atoms with van der Waals surface area (Å²) in [6.45, 7) is 23.3. The highest BCUT2D eigenvalue weighted by atomic mass is 16.6. The predicted molar refractivity (Wildman–Crippen MR) is 244 cm³/mol. The summed E-state index contributed by atoms with van der Waals surface area (Å²) in [5.41, 5.74) is -3.03. The second-order valence-corrected chi connectivity index (χ2v) is 20.7. The zero-order valence-electron chi connectivity index (χ0n) is 39.7. The lowest BCUT2D eigenvalue weighted by atomic mass is 9.97. The summed E-state index contributed by atoms with van der Waals surface area (Å²) in [5, 5.41) is 0.00899. The number of fused-ring (bicyclic) bond motifs is 1. The fourth-order valence-corrected chi connectivity index (χ4v) is 6.40. The SMILES string of the molecule is CCCCCCCCCCCCCCCCn1c(-c2ccc(OC(=O)C(C)(C)C)cc2)c(OC(=O)C(C)(C)C)c(=O)c2c(OC(=O)C(C)(C)C)cc(OC(=O)C(C)(C)C)cc21. The Labute approximate surface area is 365 Å². The molecule has 10 heteroatoms. The second-order valence-electron chi connectivity index (χ2n) is 20.7. The third-order valence-electron chi connectivity index (χ3n) is 10.4. The summed E-state index contributed by atoms with van der Waals surface area (Å²) < 4.78 is 25.5. The van der Waals surface area contributed by atoms with Crippen molar-refractivity contribution in [2.45, 2.75) is 186 Å². The maximum atomic E-state index is 14.9. The van der Waals surface area contributed by atoms with Gasteiger partial charge in [-0.25, -0.2) is 0 Å². The molecule has 3 rings (SSSR count).